The second-order valence-corrected chi connectivity index (χ2v) is 7.47. The van der Waals surface area contributed by atoms with Crippen molar-refractivity contribution in [2.24, 2.45) is 0 Å². The summed E-state index contributed by atoms with van der Waals surface area (Å²) in [7, 11) is 0. The van der Waals surface area contributed by atoms with E-state index in [1.54, 1.807) is 17.5 Å². The Hall–Kier alpha value is -2.41. The molecule has 1 saturated heterocycles. The zero-order chi connectivity index (χ0) is 16.5. The van der Waals surface area contributed by atoms with Crippen molar-refractivity contribution in [3.63, 3.8) is 0 Å². The van der Waals surface area contributed by atoms with Gasteiger partial charge >= 0.3 is 0 Å². The topological polar surface area (TPSA) is 77.7 Å². The Morgan fingerprint density at radius 1 is 1.33 bits per heavy atom. The van der Waals surface area contributed by atoms with E-state index < -0.39 is 0 Å². The van der Waals surface area contributed by atoms with Crippen LogP contribution in [0.15, 0.2) is 30.5 Å². The summed E-state index contributed by atoms with van der Waals surface area (Å²) >= 11 is 1.69. The standard InChI is InChI=1S/C17H19N5OS/c1-11-4-5-16(24-11)14-9-15(21-20-14)17(23)22-8-2-3-12(10-22)13-6-7-18-19-13/h4-7,9,12H,2-3,8,10H2,1H3,(H,18,19)(H,20,21)/t12-/m1/s1. The zero-order valence-electron chi connectivity index (χ0n) is 13.5. The van der Waals surface area contributed by atoms with E-state index in [1.807, 2.05) is 17.0 Å². The fourth-order valence-corrected chi connectivity index (χ4v) is 4.04. The lowest BCUT2D eigenvalue weighted by atomic mass is 9.95. The fourth-order valence-electron chi connectivity index (χ4n) is 3.21. The van der Waals surface area contributed by atoms with Crippen LogP contribution in [-0.2, 0) is 0 Å². The van der Waals surface area contributed by atoms with Crippen LogP contribution in [0.3, 0.4) is 0 Å². The third-order valence-corrected chi connectivity index (χ3v) is 5.51. The molecule has 1 atom stereocenters. The van der Waals surface area contributed by atoms with Crippen molar-refractivity contribution in [1.29, 1.82) is 0 Å². The molecule has 124 valence electrons. The summed E-state index contributed by atoms with van der Waals surface area (Å²) in [4.78, 5) is 17.0. The van der Waals surface area contributed by atoms with Gasteiger partial charge in [0.1, 0.15) is 0 Å². The third kappa shape index (κ3) is 2.87. The van der Waals surface area contributed by atoms with E-state index in [4.69, 9.17) is 0 Å². The van der Waals surface area contributed by atoms with Crippen molar-refractivity contribution in [3.05, 3.63) is 46.7 Å². The van der Waals surface area contributed by atoms with Gasteiger partial charge in [0.15, 0.2) is 5.69 Å². The summed E-state index contributed by atoms with van der Waals surface area (Å²) in [5, 5.41) is 14.3. The van der Waals surface area contributed by atoms with Gasteiger partial charge in [-0.25, -0.2) is 0 Å². The number of likely N-dealkylation sites (tertiary alicyclic amines) is 1. The molecule has 2 N–H and O–H groups in total. The number of nitrogens with zero attached hydrogens (tertiary/aromatic N) is 3. The van der Waals surface area contributed by atoms with Crippen LogP contribution in [-0.4, -0.2) is 44.3 Å². The minimum Gasteiger partial charge on any atom is -0.337 e. The van der Waals surface area contributed by atoms with E-state index in [9.17, 15) is 4.79 Å². The Morgan fingerprint density at radius 2 is 2.25 bits per heavy atom. The number of aromatic amines is 2. The molecule has 0 aromatic carbocycles. The zero-order valence-corrected chi connectivity index (χ0v) is 14.3. The van der Waals surface area contributed by atoms with E-state index in [-0.39, 0.29) is 5.91 Å². The Bertz CT molecular complexity index is 835. The van der Waals surface area contributed by atoms with Gasteiger partial charge < -0.3 is 4.90 Å². The molecule has 0 spiro atoms. The van der Waals surface area contributed by atoms with Crippen LogP contribution in [0.1, 0.15) is 39.8 Å². The van der Waals surface area contributed by atoms with Gasteiger partial charge in [-0.05, 0) is 44.0 Å². The molecule has 24 heavy (non-hydrogen) atoms. The predicted octanol–water partition coefficient (Wildman–Crippen LogP) is 3.19. The van der Waals surface area contributed by atoms with Gasteiger partial charge in [0.05, 0.1) is 10.6 Å². The second kappa shape index (κ2) is 6.24. The van der Waals surface area contributed by atoms with E-state index in [1.165, 1.54) is 4.88 Å². The Kier molecular flexibility index (Phi) is 3.93. The van der Waals surface area contributed by atoms with Crippen molar-refractivity contribution in [3.8, 4) is 10.6 Å². The molecule has 1 fully saturated rings. The number of aryl methyl sites for hydroxylation is 1. The second-order valence-electron chi connectivity index (χ2n) is 6.18. The van der Waals surface area contributed by atoms with Crippen LogP contribution in [0.4, 0.5) is 0 Å². The van der Waals surface area contributed by atoms with E-state index >= 15 is 0 Å². The number of carbonyl (C=O) groups excluding carboxylic acids is 1. The number of amides is 1. The molecule has 3 aromatic heterocycles. The fraction of sp³-hybridized carbons (Fsp3) is 0.353. The molecule has 6 nitrogen and oxygen atoms in total. The summed E-state index contributed by atoms with van der Waals surface area (Å²) in [6.45, 7) is 3.56. The van der Waals surface area contributed by atoms with Gasteiger partial charge in [0, 0.05) is 35.8 Å². The van der Waals surface area contributed by atoms with Gasteiger partial charge in [-0.2, -0.15) is 10.2 Å². The number of H-pyrrole nitrogens is 2. The van der Waals surface area contributed by atoms with Crippen molar-refractivity contribution in [2.75, 3.05) is 13.1 Å². The third-order valence-electron chi connectivity index (χ3n) is 4.47. The Balaban J connectivity index is 1.50. The van der Waals surface area contributed by atoms with Crippen LogP contribution in [0.2, 0.25) is 0 Å². The number of hydrogen-bond donors (Lipinski definition) is 2. The lowest BCUT2D eigenvalue weighted by Gasteiger charge is -2.31. The Morgan fingerprint density at radius 3 is 3.00 bits per heavy atom. The maximum atomic E-state index is 12.8. The van der Waals surface area contributed by atoms with Crippen LogP contribution in [0.25, 0.3) is 10.6 Å². The van der Waals surface area contributed by atoms with Gasteiger partial charge in [-0.15, -0.1) is 11.3 Å². The molecule has 1 amide bonds. The Labute approximate surface area is 143 Å². The highest BCUT2D eigenvalue weighted by Crippen LogP contribution is 2.28. The molecule has 0 saturated carbocycles. The first-order chi connectivity index (χ1) is 11.7. The molecular weight excluding hydrogens is 322 g/mol. The number of carbonyl (C=O) groups is 1. The first-order valence-corrected chi connectivity index (χ1v) is 8.93. The summed E-state index contributed by atoms with van der Waals surface area (Å²) < 4.78 is 0. The average molecular weight is 341 g/mol. The van der Waals surface area contributed by atoms with Gasteiger partial charge in [-0.1, -0.05) is 0 Å². The highest BCUT2D eigenvalue weighted by molar-refractivity contribution is 7.15. The number of aromatic nitrogens is 4. The number of rotatable bonds is 3. The number of piperidine rings is 1. The van der Waals surface area contributed by atoms with Gasteiger partial charge in [0.2, 0.25) is 0 Å². The monoisotopic (exact) mass is 341 g/mol. The lowest BCUT2D eigenvalue weighted by Crippen LogP contribution is -2.39. The van der Waals surface area contributed by atoms with Gasteiger partial charge in [0.25, 0.3) is 5.91 Å². The number of nitrogens with one attached hydrogen (secondary N) is 2. The summed E-state index contributed by atoms with van der Waals surface area (Å²) in [5.74, 6) is 0.318. The smallest absolute Gasteiger partial charge is 0.274 e. The first kappa shape index (κ1) is 15.1. The van der Waals surface area contributed by atoms with Crippen molar-refractivity contribution in [2.45, 2.75) is 25.7 Å². The van der Waals surface area contributed by atoms with Crippen LogP contribution in [0, 0.1) is 6.92 Å². The lowest BCUT2D eigenvalue weighted by molar-refractivity contribution is 0.0700. The van der Waals surface area contributed by atoms with Crippen molar-refractivity contribution in [1.82, 2.24) is 25.3 Å². The SMILES string of the molecule is Cc1ccc(-c2cc(C(=O)N3CCC[C@@H](c4ccn[nH]4)C3)n[nH]2)s1. The minimum atomic E-state index is -0.00464. The highest BCUT2D eigenvalue weighted by atomic mass is 32.1. The quantitative estimate of drug-likeness (QED) is 0.768. The highest BCUT2D eigenvalue weighted by Gasteiger charge is 2.27. The molecule has 1 aliphatic rings. The molecule has 1 aliphatic heterocycles. The molecule has 0 unspecified atom stereocenters. The van der Waals surface area contributed by atoms with Crippen LogP contribution in [0.5, 0.6) is 0 Å². The van der Waals surface area contributed by atoms with Crippen LogP contribution < -0.4 is 0 Å². The minimum absolute atomic E-state index is 0.00464. The molecule has 4 heterocycles. The predicted molar refractivity (Wildman–Crippen MR) is 93.1 cm³/mol. The largest absolute Gasteiger partial charge is 0.337 e. The number of thiophene rings is 1. The molecular formula is C17H19N5OS. The number of hydrogen-bond acceptors (Lipinski definition) is 4. The van der Waals surface area contributed by atoms with Crippen LogP contribution >= 0.6 is 11.3 Å². The summed E-state index contributed by atoms with van der Waals surface area (Å²) in [6, 6.07) is 7.97. The van der Waals surface area contributed by atoms with E-state index in [2.05, 4.69) is 39.5 Å². The summed E-state index contributed by atoms with van der Waals surface area (Å²) in [5.41, 5.74) is 2.49. The molecule has 0 radical (unpaired) electrons. The van der Waals surface area contributed by atoms with Gasteiger partial charge in [-0.3, -0.25) is 15.0 Å². The summed E-state index contributed by atoms with van der Waals surface area (Å²) in [6.07, 6.45) is 3.84. The van der Waals surface area contributed by atoms with Crippen molar-refractivity contribution >= 4 is 17.2 Å². The molecule has 0 bridgehead atoms. The molecule has 4 rings (SSSR count). The molecule has 7 heteroatoms. The van der Waals surface area contributed by atoms with E-state index in [0.717, 1.165) is 35.7 Å². The maximum absolute atomic E-state index is 12.8. The van der Waals surface area contributed by atoms with Crippen molar-refractivity contribution < 1.29 is 4.79 Å². The first-order valence-electron chi connectivity index (χ1n) is 8.11. The van der Waals surface area contributed by atoms with E-state index in [0.29, 0.717) is 18.2 Å². The molecule has 3 aromatic rings. The average Bonchev–Trinajstić information content (AvgIpc) is 3.35. The maximum Gasteiger partial charge on any atom is 0.274 e. The molecule has 0 aliphatic carbocycles. The normalized spacial score (nSPS) is 18.0.